The molecule has 0 atom stereocenters. The average molecular weight is 525 g/mol. The Hall–Kier alpha value is -4.92. The number of fused-ring (bicyclic) bond motifs is 2. The van der Waals surface area contributed by atoms with Gasteiger partial charge >= 0.3 is 5.97 Å². The lowest BCUT2D eigenvalue weighted by Gasteiger charge is -2.22. The van der Waals surface area contributed by atoms with E-state index in [1.807, 2.05) is 55.1 Å². The molecule has 0 saturated carbocycles. The summed E-state index contributed by atoms with van der Waals surface area (Å²) >= 11 is 0. The molecule has 1 aliphatic heterocycles. The largest absolute Gasteiger partial charge is 0.507 e. The number of amides is 1. The van der Waals surface area contributed by atoms with Gasteiger partial charge in [-0.25, -0.2) is 14.8 Å². The molecule has 2 N–H and O–H groups in total. The van der Waals surface area contributed by atoms with Crippen LogP contribution < -0.4 is 14.5 Å². The van der Waals surface area contributed by atoms with Gasteiger partial charge in [-0.15, -0.1) is 0 Å². The van der Waals surface area contributed by atoms with E-state index in [4.69, 9.17) is 4.74 Å². The highest BCUT2D eigenvalue weighted by Crippen LogP contribution is 2.37. The van der Waals surface area contributed by atoms with Crippen molar-refractivity contribution in [2.24, 2.45) is 0 Å². The summed E-state index contributed by atoms with van der Waals surface area (Å²) in [5, 5.41) is 19.1. The topological polar surface area (TPSA) is 116 Å². The predicted molar refractivity (Wildman–Crippen MR) is 148 cm³/mol. The number of carboxylic acid groups (broad SMARTS) is 1. The van der Waals surface area contributed by atoms with Crippen molar-refractivity contribution in [2.75, 3.05) is 30.0 Å². The fourth-order valence-electron chi connectivity index (χ4n) is 4.71. The van der Waals surface area contributed by atoms with E-state index in [2.05, 4.69) is 9.97 Å². The van der Waals surface area contributed by atoms with Gasteiger partial charge in [-0.3, -0.25) is 4.79 Å². The number of rotatable bonds is 7. The zero-order chi connectivity index (χ0) is 27.7. The number of ether oxygens (including phenoxy) is 1. The Balaban J connectivity index is 1.32. The molecule has 0 radical (unpaired) electrons. The van der Waals surface area contributed by atoms with Gasteiger partial charge in [-0.1, -0.05) is 12.1 Å². The summed E-state index contributed by atoms with van der Waals surface area (Å²) in [6.07, 6.45) is 4.03. The van der Waals surface area contributed by atoms with Crippen molar-refractivity contribution >= 4 is 29.2 Å². The first-order valence-corrected chi connectivity index (χ1v) is 12.6. The van der Waals surface area contributed by atoms with E-state index < -0.39 is 5.97 Å². The minimum absolute atomic E-state index is 0.141. The van der Waals surface area contributed by atoms with Crippen LogP contribution in [0.1, 0.15) is 38.8 Å². The van der Waals surface area contributed by atoms with Crippen molar-refractivity contribution in [3.8, 4) is 22.6 Å². The summed E-state index contributed by atoms with van der Waals surface area (Å²) in [5.74, 6) is 0.389. The number of pyridine rings is 2. The molecule has 39 heavy (non-hydrogen) atoms. The molecule has 2 aromatic carbocycles. The normalized spacial score (nSPS) is 12.5. The average Bonchev–Trinajstić information content (AvgIpc) is 3.02. The fourth-order valence-corrected chi connectivity index (χ4v) is 4.71. The van der Waals surface area contributed by atoms with Crippen molar-refractivity contribution in [2.45, 2.75) is 20.3 Å². The van der Waals surface area contributed by atoms with Crippen LogP contribution in [0, 0.1) is 6.92 Å². The van der Waals surface area contributed by atoms with Crippen molar-refractivity contribution in [3.63, 3.8) is 0 Å². The van der Waals surface area contributed by atoms with E-state index in [0.29, 0.717) is 48.1 Å². The zero-order valence-electron chi connectivity index (χ0n) is 21.9. The van der Waals surface area contributed by atoms with Gasteiger partial charge in [-0.2, -0.15) is 0 Å². The second-order valence-electron chi connectivity index (χ2n) is 9.29. The number of carbonyl (C=O) groups excluding carboxylic acids is 1. The minimum atomic E-state index is -1.18. The minimum Gasteiger partial charge on any atom is -0.507 e. The van der Waals surface area contributed by atoms with Crippen molar-refractivity contribution in [3.05, 3.63) is 89.2 Å². The Bertz CT molecular complexity index is 1590. The molecule has 4 aromatic rings. The highest BCUT2D eigenvalue weighted by molar-refractivity contribution is 6.12. The number of carbonyl (C=O) groups is 2. The molecule has 1 aliphatic rings. The van der Waals surface area contributed by atoms with Crippen LogP contribution in [0.25, 0.3) is 11.1 Å². The van der Waals surface area contributed by atoms with Crippen LogP contribution in [-0.2, 0) is 6.42 Å². The molecule has 0 unspecified atom stereocenters. The Morgan fingerprint density at radius 3 is 2.54 bits per heavy atom. The number of aromatic carboxylic acids is 1. The number of phenols is 1. The third kappa shape index (κ3) is 4.86. The Labute approximate surface area is 226 Å². The van der Waals surface area contributed by atoms with Crippen molar-refractivity contribution < 1.29 is 24.5 Å². The van der Waals surface area contributed by atoms with Gasteiger partial charge in [0.2, 0.25) is 0 Å². The first kappa shape index (κ1) is 25.7. The van der Waals surface area contributed by atoms with E-state index in [9.17, 15) is 19.8 Å². The summed E-state index contributed by atoms with van der Waals surface area (Å²) < 4.78 is 6.04. The molecule has 9 heteroatoms. The van der Waals surface area contributed by atoms with E-state index in [-0.39, 0.29) is 17.2 Å². The molecule has 3 heterocycles. The van der Waals surface area contributed by atoms with Gasteiger partial charge in [-0.05, 0) is 78.6 Å². The molecule has 0 aliphatic carbocycles. The Morgan fingerprint density at radius 1 is 1.03 bits per heavy atom. The Kier molecular flexibility index (Phi) is 6.89. The van der Waals surface area contributed by atoms with Gasteiger partial charge in [0.1, 0.15) is 22.9 Å². The lowest BCUT2D eigenvalue weighted by Crippen LogP contribution is -2.25. The third-order valence-electron chi connectivity index (χ3n) is 6.80. The SMILES string of the molecule is CCN1c2ncc(CCOc3ccc(-c4ccc(O)c(C(=O)O)c4)cc3C)cc2C(=O)N(C)c2cccnc21. The number of aromatic hydroxyl groups is 1. The van der Waals surface area contributed by atoms with Crippen LogP contribution in [0.5, 0.6) is 11.5 Å². The van der Waals surface area contributed by atoms with Crippen LogP contribution in [0.2, 0.25) is 0 Å². The smallest absolute Gasteiger partial charge is 0.339 e. The van der Waals surface area contributed by atoms with Gasteiger partial charge in [0, 0.05) is 32.4 Å². The molecule has 2 aromatic heterocycles. The first-order chi connectivity index (χ1) is 18.8. The zero-order valence-corrected chi connectivity index (χ0v) is 21.9. The van der Waals surface area contributed by atoms with Crippen molar-refractivity contribution in [1.29, 1.82) is 0 Å². The standard InChI is InChI=1S/C30H28N4O5/c1-4-34-27-23(29(36)33(3)24-6-5-12-31-28(24)34)15-19(17-32-27)11-13-39-26-10-8-20(14-18(26)2)21-7-9-25(35)22(16-21)30(37)38/h5-10,12,14-17,35H,4,11,13H2,1-3H3,(H,37,38). The number of benzene rings is 2. The number of hydrogen-bond acceptors (Lipinski definition) is 7. The fraction of sp³-hybridized carbons (Fsp3) is 0.200. The Morgan fingerprint density at radius 2 is 1.79 bits per heavy atom. The van der Waals surface area contributed by atoms with E-state index in [0.717, 1.165) is 22.4 Å². The van der Waals surface area contributed by atoms with E-state index in [1.165, 1.54) is 12.1 Å². The summed E-state index contributed by atoms with van der Waals surface area (Å²) in [7, 11) is 1.74. The molecular weight excluding hydrogens is 496 g/mol. The van der Waals surface area contributed by atoms with Gasteiger partial charge in [0.05, 0.1) is 17.9 Å². The number of aromatic nitrogens is 2. The first-order valence-electron chi connectivity index (χ1n) is 12.6. The van der Waals surface area contributed by atoms with Crippen LogP contribution in [0.4, 0.5) is 17.3 Å². The lowest BCUT2D eigenvalue weighted by atomic mass is 10.0. The van der Waals surface area contributed by atoms with Gasteiger partial charge < -0.3 is 24.7 Å². The summed E-state index contributed by atoms with van der Waals surface area (Å²) in [5.41, 5.74) is 4.37. The van der Waals surface area contributed by atoms with Crippen LogP contribution in [0.15, 0.2) is 67.0 Å². The van der Waals surface area contributed by atoms with E-state index in [1.54, 1.807) is 30.4 Å². The van der Waals surface area contributed by atoms with Crippen molar-refractivity contribution in [1.82, 2.24) is 9.97 Å². The molecule has 1 amide bonds. The third-order valence-corrected chi connectivity index (χ3v) is 6.80. The lowest BCUT2D eigenvalue weighted by molar-refractivity contribution is 0.0693. The number of carboxylic acids is 1. The second kappa shape index (κ2) is 10.4. The maximum Gasteiger partial charge on any atom is 0.339 e. The molecule has 0 bridgehead atoms. The number of anilines is 3. The quantitative estimate of drug-likeness (QED) is 0.338. The van der Waals surface area contributed by atoms with Crippen LogP contribution in [-0.4, -0.2) is 52.3 Å². The molecule has 0 saturated heterocycles. The maximum atomic E-state index is 13.3. The number of nitrogens with zero attached hydrogens (tertiary/aromatic N) is 4. The highest BCUT2D eigenvalue weighted by atomic mass is 16.5. The molecule has 0 spiro atoms. The highest BCUT2D eigenvalue weighted by Gasteiger charge is 2.30. The molecule has 5 rings (SSSR count). The second-order valence-corrected chi connectivity index (χ2v) is 9.29. The molecule has 9 nitrogen and oxygen atoms in total. The monoisotopic (exact) mass is 524 g/mol. The molecular formula is C30H28N4O5. The predicted octanol–water partition coefficient (Wildman–Crippen LogP) is 5.23. The summed E-state index contributed by atoms with van der Waals surface area (Å²) in [6.45, 7) is 4.92. The molecule has 198 valence electrons. The summed E-state index contributed by atoms with van der Waals surface area (Å²) in [6, 6.07) is 15.7. The summed E-state index contributed by atoms with van der Waals surface area (Å²) in [4.78, 5) is 37.4. The number of aryl methyl sites for hydroxylation is 1. The maximum absolute atomic E-state index is 13.3. The molecule has 0 fully saturated rings. The van der Waals surface area contributed by atoms with Gasteiger partial charge in [0.25, 0.3) is 5.91 Å². The van der Waals surface area contributed by atoms with E-state index >= 15 is 0 Å². The number of hydrogen-bond donors (Lipinski definition) is 2. The van der Waals surface area contributed by atoms with Gasteiger partial charge in [0.15, 0.2) is 5.82 Å². The van der Waals surface area contributed by atoms with Crippen LogP contribution >= 0.6 is 0 Å². The van der Waals surface area contributed by atoms with Crippen LogP contribution in [0.3, 0.4) is 0 Å².